The van der Waals surface area contributed by atoms with Crippen LogP contribution in [-0.2, 0) is 14.3 Å². The average Bonchev–Trinajstić information content (AvgIpc) is 3.15. The molecule has 6 heteroatoms. The average molecular weight is 386 g/mol. The summed E-state index contributed by atoms with van der Waals surface area (Å²) in [5, 5.41) is 0. The third-order valence-electron chi connectivity index (χ3n) is 6.38. The molecule has 2 atom stereocenters. The summed E-state index contributed by atoms with van der Waals surface area (Å²) in [5.74, 6) is 0.00719. The van der Waals surface area contributed by atoms with E-state index in [1.165, 1.54) is 6.42 Å². The zero-order valence-electron chi connectivity index (χ0n) is 16.8. The second-order valence-corrected chi connectivity index (χ2v) is 8.08. The molecule has 0 N–H and O–H groups in total. The minimum atomic E-state index is -0.225. The first-order valence-electron chi connectivity index (χ1n) is 10.7. The fourth-order valence-corrected chi connectivity index (χ4v) is 4.82. The fraction of sp³-hybridized carbons (Fsp3) is 0.636. The van der Waals surface area contributed by atoms with E-state index in [9.17, 15) is 9.59 Å². The van der Waals surface area contributed by atoms with E-state index in [1.54, 1.807) is 0 Å². The fourth-order valence-electron chi connectivity index (χ4n) is 4.82. The minimum Gasteiger partial charge on any atom is -0.378 e. The highest BCUT2D eigenvalue weighted by Crippen LogP contribution is 2.35. The lowest BCUT2D eigenvalue weighted by molar-refractivity contribution is -0.139. The van der Waals surface area contributed by atoms with Gasteiger partial charge in [0, 0.05) is 38.6 Å². The number of amides is 2. The zero-order valence-corrected chi connectivity index (χ0v) is 16.8. The van der Waals surface area contributed by atoms with Crippen molar-refractivity contribution < 1.29 is 14.3 Å². The first-order valence-corrected chi connectivity index (χ1v) is 10.7. The second kappa shape index (κ2) is 8.52. The molecule has 1 aromatic rings. The summed E-state index contributed by atoms with van der Waals surface area (Å²) in [5.41, 5.74) is 1.99. The van der Waals surface area contributed by atoms with Gasteiger partial charge in [0.2, 0.25) is 11.8 Å². The lowest BCUT2D eigenvalue weighted by Gasteiger charge is -2.37. The van der Waals surface area contributed by atoms with E-state index in [2.05, 4.69) is 22.8 Å². The zero-order chi connectivity index (χ0) is 19.5. The molecule has 4 rings (SSSR count). The molecule has 0 aliphatic carbocycles. The highest BCUT2D eigenvalue weighted by Gasteiger charge is 2.40. The Morgan fingerprint density at radius 2 is 1.86 bits per heavy atom. The van der Waals surface area contributed by atoms with E-state index in [4.69, 9.17) is 4.74 Å². The third-order valence-corrected chi connectivity index (χ3v) is 6.38. The van der Waals surface area contributed by atoms with Gasteiger partial charge in [-0.25, -0.2) is 0 Å². The van der Waals surface area contributed by atoms with Crippen molar-refractivity contribution in [2.75, 3.05) is 49.2 Å². The molecule has 3 fully saturated rings. The van der Waals surface area contributed by atoms with Gasteiger partial charge in [-0.05, 0) is 37.8 Å². The Morgan fingerprint density at radius 3 is 2.61 bits per heavy atom. The van der Waals surface area contributed by atoms with E-state index in [-0.39, 0.29) is 17.7 Å². The largest absolute Gasteiger partial charge is 0.378 e. The quantitative estimate of drug-likeness (QED) is 0.800. The molecule has 152 valence electrons. The Hall–Kier alpha value is -2.08. The van der Waals surface area contributed by atoms with E-state index in [1.807, 2.05) is 23.1 Å². The van der Waals surface area contributed by atoms with Crippen molar-refractivity contribution in [1.29, 1.82) is 0 Å². The van der Waals surface area contributed by atoms with Crippen molar-refractivity contribution in [3.63, 3.8) is 0 Å². The Bertz CT molecular complexity index is 717. The Kier molecular flexibility index (Phi) is 5.85. The number of rotatable bonds is 4. The molecule has 1 aromatic carbocycles. The van der Waals surface area contributed by atoms with Gasteiger partial charge in [-0.3, -0.25) is 9.59 Å². The molecule has 0 bridgehead atoms. The van der Waals surface area contributed by atoms with Crippen molar-refractivity contribution in [3.05, 3.63) is 24.3 Å². The monoisotopic (exact) mass is 385 g/mol. The number of benzene rings is 1. The molecular formula is C22H31N3O3. The highest BCUT2D eigenvalue weighted by molar-refractivity contribution is 6.02. The predicted molar refractivity (Wildman–Crippen MR) is 110 cm³/mol. The van der Waals surface area contributed by atoms with E-state index in [0.717, 1.165) is 50.3 Å². The highest BCUT2D eigenvalue weighted by atomic mass is 16.5. The topological polar surface area (TPSA) is 53.1 Å². The van der Waals surface area contributed by atoms with Crippen molar-refractivity contribution in [2.24, 2.45) is 5.92 Å². The molecular weight excluding hydrogens is 354 g/mol. The van der Waals surface area contributed by atoms with Crippen LogP contribution in [0.2, 0.25) is 0 Å². The van der Waals surface area contributed by atoms with Gasteiger partial charge in [-0.1, -0.05) is 19.1 Å². The standard InChI is InChI=1S/C22H31N3O3/c1-2-18-7-5-6-10-24(18)22(27)17-15-21(26)25(16-17)20-9-4-3-8-19(20)23-11-13-28-14-12-23/h3-4,8-9,17-18H,2,5-7,10-16H2,1H3. The number of hydrogen-bond donors (Lipinski definition) is 0. The number of carbonyl (C=O) groups excluding carboxylic acids is 2. The molecule has 0 radical (unpaired) electrons. The lowest BCUT2D eigenvalue weighted by atomic mass is 9.97. The van der Waals surface area contributed by atoms with Gasteiger partial charge in [0.1, 0.15) is 0 Å². The SMILES string of the molecule is CCC1CCCCN1C(=O)C1CC(=O)N(c2ccccc2N2CCOCC2)C1. The number of ether oxygens (including phenoxy) is 1. The summed E-state index contributed by atoms with van der Waals surface area (Å²) in [6, 6.07) is 8.40. The number of morpholine rings is 1. The summed E-state index contributed by atoms with van der Waals surface area (Å²) in [4.78, 5) is 32.2. The van der Waals surface area contributed by atoms with Gasteiger partial charge in [-0.2, -0.15) is 0 Å². The van der Waals surface area contributed by atoms with Crippen molar-refractivity contribution >= 4 is 23.2 Å². The molecule has 28 heavy (non-hydrogen) atoms. The molecule has 3 aliphatic heterocycles. The van der Waals surface area contributed by atoms with Crippen LogP contribution in [0.25, 0.3) is 0 Å². The van der Waals surface area contributed by atoms with Crippen LogP contribution in [0.3, 0.4) is 0 Å². The maximum absolute atomic E-state index is 13.2. The van der Waals surface area contributed by atoms with Gasteiger partial charge in [0.05, 0.1) is 30.5 Å². The molecule has 6 nitrogen and oxygen atoms in total. The van der Waals surface area contributed by atoms with Crippen LogP contribution in [0.15, 0.2) is 24.3 Å². The Balaban J connectivity index is 1.52. The maximum atomic E-state index is 13.2. The number of carbonyl (C=O) groups is 2. The Labute approximate surface area is 167 Å². The van der Waals surface area contributed by atoms with Crippen LogP contribution in [0.1, 0.15) is 39.0 Å². The van der Waals surface area contributed by atoms with Gasteiger partial charge in [0.15, 0.2) is 0 Å². The maximum Gasteiger partial charge on any atom is 0.228 e. The van der Waals surface area contributed by atoms with Gasteiger partial charge in [-0.15, -0.1) is 0 Å². The van der Waals surface area contributed by atoms with Gasteiger partial charge >= 0.3 is 0 Å². The number of anilines is 2. The number of hydrogen-bond acceptors (Lipinski definition) is 4. The van der Waals surface area contributed by atoms with Crippen LogP contribution in [-0.4, -0.2) is 62.1 Å². The first-order chi connectivity index (χ1) is 13.7. The number of piperidine rings is 1. The molecule has 2 unspecified atom stereocenters. The lowest BCUT2D eigenvalue weighted by Crippen LogP contribution is -2.46. The second-order valence-electron chi connectivity index (χ2n) is 8.08. The van der Waals surface area contributed by atoms with E-state index >= 15 is 0 Å². The first kappa shape index (κ1) is 19.2. The van der Waals surface area contributed by atoms with Crippen molar-refractivity contribution in [1.82, 2.24) is 4.90 Å². The number of likely N-dealkylation sites (tertiary alicyclic amines) is 1. The van der Waals surface area contributed by atoms with Crippen LogP contribution in [0.5, 0.6) is 0 Å². The predicted octanol–water partition coefficient (Wildman–Crippen LogP) is 2.67. The summed E-state index contributed by atoms with van der Waals surface area (Å²) >= 11 is 0. The van der Waals surface area contributed by atoms with E-state index in [0.29, 0.717) is 32.2 Å². The summed E-state index contributed by atoms with van der Waals surface area (Å²) in [7, 11) is 0. The molecule has 2 amide bonds. The minimum absolute atomic E-state index is 0.0594. The molecule has 0 aromatic heterocycles. The van der Waals surface area contributed by atoms with Crippen molar-refractivity contribution in [2.45, 2.75) is 45.1 Å². The smallest absolute Gasteiger partial charge is 0.228 e. The van der Waals surface area contributed by atoms with Crippen LogP contribution < -0.4 is 9.80 Å². The normalized spacial score (nSPS) is 26.0. The summed E-state index contributed by atoms with van der Waals surface area (Å²) in [6.45, 7) is 6.55. The van der Waals surface area contributed by atoms with Gasteiger partial charge in [0.25, 0.3) is 0 Å². The van der Waals surface area contributed by atoms with Crippen molar-refractivity contribution in [3.8, 4) is 0 Å². The molecule has 3 aliphatic rings. The number of nitrogens with zero attached hydrogens (tertiary/aromatic N) is 3. The van der Waals surface area contributed by atoms with Crippen LogP contribution in [0, 0.1) is 5.92 Å². The van der Waals surface area contributed by atoms with E-state index < -0.39 is 0 Å². The van der Waals surface area contributed by atoms with Crippen LogP contribution >= 0.6 is 0 Å². The molecule has 0 spiro atoms. The van der Waals surface area contributed by atoms with Gasteiger partial charge < -0.3 is 19.4 Å². The third kappa shape index (κ3) is 3.75. The summed E-state index contributed by atoms with van der Waals surface area (Å²) < 4.78 is 5.47. The summed E-state index contributed by atoms with van der Waals surface area (Å²) in [6.07, 6.45) is 4.68. The molecule has 0 saturated carbocycles. The molecule has 3 saturated heterocycles. The number of para-hydroxylation sites is 2. The Morgan fingerprint density at radius 1 is 1.11 bits per heavy atom. The molecule has 3 heterocycles. The van der Waals surface area contributed by atoms with Crippen LogP contribution in [0.4, 0.5) is 11.4 Å².